The van der Waals surface area contributed by atoms with Crippen LogP contribution in [0.5, 0.6) is 0 Å². The molecular weight excluding hydrogens is 216 g/mol. The highest BCUT2D eigenvalue weighted by molar-refractivity contribution is 7.87. The van der Waals surface area contributed by atoms with Crippen LogP contribution in [0.4, 0.5) is 0 Å². The molecular formula is C8H20N4O2S. The summed E-state index contributed by atoms with van der Waals surface area (Å²) in [5.41, 5.74) is 4.64. The molecule has 0 atom stereocenters. The molecule has 90 valence electrons. The Hall–Kier alpha value is -0.660. The predicted octanol–water partition coefficient (Wildman–Crippen LogP) is -0.0749. The molecule has 0 aromatic heterocycles. The third kappa shape index (κ3) is 9.64. The lowest BCUT2D eigenvalue weighted by atomic mass is 10.1. The van der Waals surface area contributed by atoms with Crippen LogP contribution in [0.15, 0.2) is 0 Å². The molecule has 0 aromatic rings. The smallest absolute Gasteiger partial charge is 0.277 e. The average molecular weight is 236 g/mol. The van der Waals surface area contributed by atoms with Gasteiger partial charge in [0.1, 0.15) is 0 Å². The summed E-state index contributed by atoms with van der Waals surface area (Å²) in [6.45, 7) is 5.58. The topological polar surface area (TPSA) is 108 Å². The SMILES string of the molecule is CC(C)(C)NS(=O)(=O)NCCCC(=N)N. The number of nitrogens with one attached hydrogen (secondary N) is 3. The summed E-state index contributed by atoms with van der Waals surface area (Å²) in [6.07, 6.45) is 0.929. The van der Waals surface area contributed by atoms with Gasteiger partial charge < -0.3 is 5.73 Å². The van der Waals surface area contributed by atoms with Gasteiger partial charge in [-0.05, 0) is 27.2 Å². The number of rotatable bonds is 6. The van der Waals surface area contributed by atoms with Crippen molar-refractivity contribution in [1.29, 1.82) is 5.41 Å². The average Bonchev–Trinajstić information content (AvgIpc) is 1.93. The van der Waals surface area contributed by atoms with Crippen molar-refractivity contribution >= 4 is 16.0 Å². The summed E-state index contributed by atoms with van der Waals surface area (Å²) in [6, 6.07) is 0. The van der Waals surface area contributed by atoms with Crippen LogP contribution in [0.2, 0.25) is 0 Å². The Kier molecular flexibility index (Phi) is 5.19. The molecule has 0 radical (unpaired) electrons. The van der Waals surface area contributed by atoms with Crippen LogP contribution < -0.4 is 15.2 Å². The van der Waals surface area contributed by atoms with Gasteiger partial charge in [-0.2, -0.15) is 13.1 Å². The van der Waals surface area contributed by atoms with Crippen LogP contribution in [-0.2, 0) is 10.2 Å². The molecule has 5 N–H and O–H groups in total. The number of nitrogens with two attached hydrogens (primary N) is 1. The van der Waals surface area contributed by atoms with E-state index < -0.39 is 15.7 Å². The number of amidine groups is 1. The normalized spacial score (nSPS) is 12.7. The summed E-state index contributed by atoms with van der Waals surface area (Å²) >= 11 is 0. The predicted molar refractivity (Wildman–Crippen MR) is 61.0 cm³/mol. The molecule has 15 heavy (non-hydrogen) atoms. The lowest BCUT2D eigenvalue weighted by molar-refractivity contribution is 0.483. The van der Waals surface area contributed by atoms with Gasteiger partial charge in [0.2, 0.25) is 0 Å². The zero-order valence-corrected chi connectivity index (χ0v) is 10.2. The molecule has 0 amide bonds. The Bertz CT molecular complexity index is 305. The van der Waals surface area contributed by atoms with Gasteiger partial charge in [-0.3, -0.25) is 5.41 Å². The van der Waals surface area contributed by atoms with E-state index in [0.29, 0.717) is 12.8 Å². The van der Waals surface area contributed by atoms with Crippen molar-refractivity contribution in [2.75, 3.05) is 6.54 Å². The van der Waals surface area contributed by atoms with Gasteiger partial charge in [-0.25, -0.2) is 4.72 Å². The number of hydrogen-bond donors (Lipinski definition) is 4. The van der Waals surface area contributed by atoms with Gasteiger partial charge in [0.05, 0.1) is 5.84 Å². The van der Waals surface area contributed by atoms with E-state index in [0.717, 1.165) is 0 Å². The molecule has 0 saturated carbocycles. The van der Waals surface area contributed by atoms with E-state index in [4.69, 9.17) is 11.1 Å². The van der Waals surface area contributed by atoms with Gasteiger partial charge in [-0.1, -0.05) is 0 Å². The lowest BCUT2D eigenvalue weighted by Crippen LogP contribution is -2.47. The molecule has 0 aliphatic heterocycles. The summed E-state index contributed by atoms with van der Waals surface area (Å²) in [5.74, 6) is 0.0676. The molecule has 7 heteroatoms. The van der Waals surface area contributed by atoms with Crippen molar-refractivity contribution in [3.8, 4) is 0 Å². The number of hydrogen-bond acceptors (Lipinski definition) is 3. The molecule has 6 nitrogen and oxygen atoms in total. The second kappa shape index (κ2) is 5.43. The summed E-state index contributed by atoms with van der Waals surface area (Å²) in [7, 11) is -3.45. The Morgan fingerprint density at radius 2 is 1.93 bits per heavy atom. The summed E-state index contributed by atoms with van der Waals surface area (Å²) in [4.78, 5) is 0. The van der Waals surface area contributed by atoms with E-state index in [1.54, 1.807) is 20.8 Å². The summed E-state index contributed by atoms with van der Waals surface area (Å²) < 4.78 is 27.6. The maximum atomic E-state index is 11.4. The first-order valence-corrected chi connectivity index (χ1v) is 6.22. The second-order valence-electron chi connectivity index (χ2n) is 4.38. The molecule has 0 aliphatic carbocycles. The Balaban J connectivity index is 3.91. The minimum atomic E-state index is -3.45. The lowest BCUT2D eigenvalue weighted by Gasteiger charge is -2.20. The van der Waals surface area contributed by atoms with Gasteiger partial charge in [0.25, 0.3) is 10.2 Å². The quantitative estimate of drug-likeness (QED) is 0.294. The highest BCUT2D eigenvalue weighted by Crippen LogP contribution is 2.00. The third-order valence-electron chi connectivity index (χ3n) is 1.36. The second-order valence-corrected chi connectivity index (χ2v) is 5.88. The van der Waals surface area contributed by atoms with Gasteiger partial charge in [0.15, 0.2) is 0 Å². The van der Waals surface area contributed by atoms with Crippen LogP contribution in [0, 0.1) is 5.41 Å². The van der Waals surface area contributed by atoms with E-state index in [9.17, 15) is 8.42 Å². The molecule has 0 aromatic carbocycles. The van der Waals surface area contributed by atoms with Crippen LogP contribution >= 0.6 is 0 Å². The van der Waals surface area contributed by atoms with Crippen molar-refractivity contribution in [2.45, 2.75) is 39.2 Å². The molecule has 0 rings (SSSR count). The molecule has 0 aliphatic rings. The molecule has 0 unspecified atom stereocenters. The molecule has 0 bridgehead atoms. The first-order chi connectivity index (χ1) is 6.62. The zero-order valence-electron chi connectivity index (χ0n) is 9.42. The Morgan fingerprint density at radius 3 is 2.33 bits per heavy atom. The zero-order chi connectivity index (χ0) is 12.1. The fourth-order valence-electron chi connectivity index (χ4n) is 0.925. The minimum Gasteiger partial charge on any atom is -0.388 e. The van der Waals surface area contributed by atoms with E-state index in [-0.39, 0.29) is 12.4 Å². The van der Waals surface area contributed by atoms with Crippen molar-refractivity contribution in [3.05, 3.63) is 0 Å². The Morgan fingerprint density at radius 1 is 1.40 bits per heavy atom. The molecule has 0 heterocycles. The summed E-state index contributed by atoms with van der Waals surface area (Å²) in [5, 5.41) is 6.96. The van der Waals surface area contributed by atoms with Gasteiger partial charge in [-0.15, -0.1) is 0 Å². The van der Waals surface area contributed by atoms with E-state index in [1.807, 2.05) is 0 Å². The fraction of sp³-hybridized carbons (Fsp3) is 0.875. The van der Waals surface area contributed by atoms with Crippen molar-refractivity contribution in [1.82, 2.24) is 9.44 Å². The van der Waals surface area contributed by atoms with E-state index in [1.165, 1.54) is 0 Å². The fourth-order valence-corrected chi connectivity index (χ4v) is 2.22. The van der Waals surface area contributed by atoms with E-state index in [2.05, 4.69) is 9.44 Å². The maximum absolute atomic E-state index is 11.4. The molecule has 0 saturated heterocycles. The first kappa shape index (κ1) is 14.3. The van der Waals surface area contributed by atoms with E-state index >= 15 is 0 Å². The van der Waals surface area contributed by atoms with Crippen molar-refractivity contribution < 1.29 is 8.42 Å². The van der Waals surface area contributed by atoms with Gasteiger partial charge in [0, 0.05) is 18.5 Å². The molecule has 0 spiro atoms. The highest BCUT2D eigenvalue weighted by atomic mass is 32.2. The van der Waals surface area contributed by atoms with Crippen LogP contribution in [-0.4, -0.2) is 26.3 Å². The van der Waals surface area contributed by atoms with Crippen LogP contribution in [0.3, 0.4) is 0 Å². The minimum absolute atomic E-state index is 0.0676. The van der Waals surface area contributed by atoms with Gasteiger partial charge >= 0.3 is 0 Å². The van der Waals surface area contributed by atoms with Crippen molar-refractivity contribution in [2.24, 2.45) is 5.73 Å². The highest BCUT2D eigenvalue weighted by Gasteiger charge is 2.18. The van der Waals surface area contributed by atoms with Crippen LogP contribution in [0.25, 0.3) is 0 Å². The standard InChI is InChI=1S/C8H20N4O2S/c1-8(2,3)12-15(13,14)11-6-4-5-7(9)10/h11-12H,4-6H2,1-3H3,(H3,9,10). The molecule has 0 fully saturated rings. The first-order valence-electron chi connectivity index (χ1n) is 4.74. The monoisotopic (exact) mass is 236 g/mol. The largest absolute Gasteiger partial charge is 0.388 e. The Labute approximate surface area is 91.3 Å². The third-order valence-corrected chi connectivity index (χ3v) is 2.82. The van der Waals surface area contributed by atoms with Crippen molar-refractivity contribution in [3.63, 3.8) is 0 Å². The van der Waals surface area contributed by atoms with Crippen LogP contribution in [0.1, 0.15) is 33.6 Å². The maximum Gasteiger partial charge on any atom is 0.277 e.